The largest absolute Gasteiger partial charge is 0.379 e. The van der Waals surface area contributed by atoms with Crippen LogP contribution in [0.5, 0.6) is 0 Å². The molecule has 8 heteroatoms. The second-order valence-electron chi connectivity index (χ2n) is 8.45. The number of benzene rings is 1. The first kappa shape index (κ1) is 20.0. The molecule has 0 spiro atoms. The number of fused-ring (bicyclic) bond motifs is 1. The SMILES string of the molecule is CO[C@@H]1C[C@H]2CN(C(=O)c3ccccc3F)C[C@H]2C[C@H]1n1cc(CN(C)C)nn1. The molecule has 1 amide bonds. The van der Waals surface area contributed by atoms with E-state index in [0.29, 0.717) is 24.9 Å². The van der Waals surface area contributed by atoms with E-state index in [2.05, 4.69) is 15.2 Å². The van der Waals surface area contributed by atoms with Gasteiger partial charge >= 0.3 is 0 Å². The first-order valence-corrected chi connectivity index (χ1v) is 10.1. The van der Waals surface area contributed by atoms with Gasteiger partial charge in [0.1, 0.15) is 5.82 Å². The van der Waals surface area contributed by atoms with Crippen molar-refractivity contribution < 1.29 is 13.9 Å². The van der Waals surface area contributed by atoms with Crippen LogP contribution in [0.2, 0.25) is 0 Å². The van der Waals surface area contributed by atoms with E-state index in [1.807, 2.05) is 25.0 Å². The Kier molecular flexibility index (Phi) is 5.65. The summed E-state index contributed by atoms with van der Waals surface area (Å²) in [4.78, 5) is 16.7. The molecule has 0 unspecified atom stereocenters. The minimum absolute atomic E-state index is 0.0219. The molecule has 1 aliphatic heterocycles. The molecule has 2 aliphatic rings. The van der Waals surface area contributed by atoms with Gasteiger partial charge in [0.2, 0.25) is 0 Å². The van der Waals surface area contributed by atoms with Gasteiger partial charge in [0.25, 0.3) is 5.91 Å². The Morgan fingerprint density at radius 2 is 1.97 bits per heavy atom. The minimum Gasteiger partial charge on any atom is -0.379 e. The van der Waals surface area contributed by atoms with Crippen molar-refractivity contribution in [3.8, 4) is 0 Å². The van der Waals surface area contributed by atoms with Crippen molar-refractivity contribution in [3.05, 3.63) is 47.5 Å². The number of hydrogen-bond donors (Lipinski definition) is 0. The maximum atomic E-state index is 14.1. The summed E-state index contributed by atoms with van der Waals surface area (Å²) in [6, 6.07) is 6.29. The molecule has 0 N–H and O–H groups in total. The summed E-state index contributed by atoms with van der Waals surface area (Å²) in [5.74, 6) is 0.0217. The zero-order valence-electron chi connectivity index (χ0n) is 17.2. The number of halogens is 1. The molecule has 4 rings (SSSR count). The van der Waals surface area contributed by atoms with Crippen LogP contribution in [-0.2, 0) is 11.3 Å². The highest BCUT2D eigenvalue weighted by Crippen LogP contribution is 2.42. The smallest absolute Gasteiger partial charge is 0.256 e. The summed E-state index contributed by atoms with van der Waals surface area (Å²) < 4.78 is 21.8. The lowest BCUT2D eigenvalue weighted by Crippen LogP contribution is -2.37. The molecule has 2 heterocycles. The number of hydrogen-bond acceptors (Lipinski definition) is 5. The standard InChI is InChI=1S/C21H28FN5O2/c1-25(2)12-16-13-27(24-23-16)19-8-14-10-26(11-15(14)9-20(19)29-3)21(28)17-6-4-5-7-18(17)22/h4-7,13-15,19-20H,8-12H2,1-3H3/t14-,15+,19-,20-/m1/s1. The predicted molar refractivity (Wildman–Crippen MR) is 106 cm³/mol. The fraction of sp³-hybridized carbons (Fsp3) is 0.571. The molecule has 7 nitrogen and oxygen atoms in total. The quantitative estimate of drug-likeness (QED) is 0.769. The monoisotopic (exact) mass is 401 g/mol. The second-order valence-corrected chi connectivity index (χ2v) is 8.45. The number of methoxy groups -OCH3 is 1. The van der Waals surface area contributed by atoms with Gasteiger partial charge in [-0.2, -0.15) is 0 Å². The molecule has 1 saturated carbocycles. The van der Waals surface area contributed by atoms with Crippen molar-refractivity contribution in [2.24, 2.45) is 11.8 Å². The summed E-state index contributed by atoms with van der Waals surface area (Å²) in [6.07, 6.45) is 3.74. The summed E-state index contributed by atoms with van der Waals surface area (Å²) in [5, 5.41) is 8.64. The third-order valence-electron chi connectivity index (χ3n) is 6.15. The lowest BCUT2D eigenvalue weighted by Gasteiger charge is -2.36. The lowest BCUT2D eigenvalue weighted by atomic mass is 9.77. The van der Waals surface area contributed by atoms with Crippen LogP contribution in [0.1, 0.15) is 34.9 Å². The molecular formula is C21H28FN5O2. The summed E-state index contributed by atoms with van der Waals surface area (Å²) in [7, 11) is 5.73. The van der Waals surface area contributed by atoms with Crippen molar-refractivity contribution in [2.45, 2.75) is 31.5 Å². The van der Waals surface area contributed by atoms with E-state index >= 15 is 0 Å². The second kappa shape index (κ2) is 8.20. The van der Waals surface area contributed by atoms with Crippen LogP contribution in [0, 0.1) is 17.7 Å². The van der Waals surface area contributed by atoms with Gasteiger partial charge in [0.05, 0.1) is 29.6 Å². The number of carbonyl (C=O) groups is 1. The summed E-state index contributed by atoms with van der Waals surface area (Å²) in [6.45, 7) is 2.03. The van der Waals surface area contributed by atoms with E-state index in [-0.39, 0.29) is 23.6 Å². The highest BCUT2D eigenvalue weighted by molar-refractivity contribution is 5.94. The maximum Gasteiger partial charge on any atom is 0.256 e. The van der Waals surface area contributed by atoms with Gasteiger partial charge in [-0.1, -0.05) is 17.3 Å². The Hall–Kier alpha value is -2.32. The predicted octanol–water partition coefficient (Wildman–Crippen LogP) is 2.22. The van der Waals surface area contributed by atoms with E-state index in [1.54, 1.807) is 30.2 Å². The van der Waals surface area contributed by atoms with Crippen molar-refractivity contribution >= 4 is 5.91 Å². The lowest BCUT2D eigenvalue weighted by molar-refractivity contribution is -0.00547. The highest BCUT2D eigenvalue weighted by atomic mass is 19.1. The number of likely N-dealkylation sites (tertiary alicyclic amines) is 1. The normalized spacial score (nSPS) is 26.7. The van der Waals surface area contributed by atoms with Crippen LogP contribution < -0.4 is 0 Å². The fourth-order valence-electron chi connectivity index (χ4n) is 4.76. The first-order valence-electron chi connectivity index (χ1n) is 10.1. The van der Waals surface area contributed by atoms with Crippen LogP contribution in [0.15, 0.2) is 30.5 Å². The Labute approximate surface area is 170 Å². The average Bonchev–Trinajstić information content (AvgIpc) is 3.32. The molecule has 1 aliphatic carbocycles. The Morgan fingerprint density at radius 1 is 1.24 bits per heavy atom. The van der Waals surface area contributed by atoms with Crippen LogP contribution in [0.3, 0.4) is 0 Å². The van der Waals surface area contributed by atoms with Crippen molar-refractivity contribution in [3.63, 3.8) is 0 Å². The highest BCUT2D eigenvalue weighted by Gasteiger charge is 2.45. The van der Waals surface area contributed by atoms with Gasteiger partial charge < -0.3 is 14.5 Å². The van der Waals surface area contributed by atoms with Gasteiger partial charge in [-0.05, 0) is 50.9 Å². The van der Waals surface area contributed by atoms with Gasteiger partial charge in [-0.25, -0.2) is 9.07 Å². The van der Waals surface area contributed by atoms with E-state index in [4.69, 9.17) is 4.74 Å². The molecule has 1 saturated heterocycles. The molecule has 0 bridgehead atoms. The van der Waals surface area contributed by atoms with Crippen LogP contribution in [0.25, 0.3) is 0 Å². The number of rotatable bonds is 5. The Bertz CT molecular complexity index is 870. The molecule has 2 aromatic rings. The molecular weight excluding hydrogens is 373 g/mol. The van der Waals surface area contributed by atoms with Crippen molar-refractivity contribution in [1.82, 2.24) is 24.8 Å². The van der Waals surface area contributed by atoms with Gasteiger partial charge in [-0.15, -0.1) is 5.10 Å². The number of nitrogens with zero attached hydrogens (tertiary/aromatic N) is 5. The number of carbonyl (C=O) groups excluding carboxylic acids is 1. The third kappa shape index (κ3) is 4.04. The Balaban J connectivity index is 1.48. The minimum atomic E-state index is -0.462. The van der Waals surface area contributed by atoms with Crippen molar-refractivity contribution in [1.29, 1.82) is 0 Å². The third-order valence-corrected chi connectivity index (χ3v) is 6.15. The first-order chi connectivity index (χ1) is 14.0. The zero-order valence-corrected chi connectivity index (χ0v) is 17.2. The average molecular weight is 401 g/mol. The van der Waals surface area contributed by atoms with E-state index in [0.717, 1.165) is 25.1 Å². The summed E-state index contributed by atoms with van der Waals surface area (Å²) in [5.41, 5.74) is 1.07. The van der Waals surface area contributed by atoms with Gasteiger partial charge in [-0.3, -0.25) is 4.79 Å². The molecule has 4 atom stereocenters. The summed E-state index contributed by atoms with van der Waals surface area (Å²) >= 11 is 0. The topological polar surface area (TPSA) is 63.5 Å². The van der Waals surface area contributed by atoms with E-state index in [9.17, 15) is 9.18 Å². The number of ether oxygens (including phenoxy) is 1. The molecule has 2 fully saturated rings. The van der Waals surface area contributed by atoms with E-state index < -0.39 is 5.82 Å². The number of aromatic nitrogens is 3. The van der Waals surface area contributed by atoms with Crippen molar-refractivity contribution in [2.75, 3.05) is 34.3 Å². The van der Waals surface area contributed by atoms with Crippen LogP contribution >= 0.6 is 0 Å². The fourth-order valence-corrected chi connectivity index (χ4v) is 4.76. The van der Waals surface area contributed by atoms with Crippen LogP contribution in [0.4, 0.5) is 4.39 Å². The molecule has 29 heavy (non-hydrogen) atoms. The van der Waals surface area contributed by atoms with Crippen LogP contribution in [-0.4, -0.2) is 71.1 Å². The molecule has 1 aromatic heterocycles. The molecule has 156 valence electrons. The Morgan fingerprint density at radius 3 is 2.66 bits per heavy atom. The number of amides is 1. The maximum absolute atomic E-state index is 14.1. The molecule has 1 aromatic carbocycles. The zero-order chi connectivity index (χ0) is 20.5. The van der Waals surface area contributed by atoms with Gasteiger partial charge in [0.15, 0.2) is 0 Å². The molecule has 0 radical (unpaired) electrons. The van der Waals surface area contributed by atoms with Gasteiger partial charge in [0, 0.05) is 26.7 Å². The van der Waals surface area contributed by atoms with E-state index in [1.165, 1.54) is 6.07 Å².